The van der Waals surface area contributed by atoms with Crippen LogP contribution in [-0.4, -0.2) is 22.3 Å². The lowest BCUT2D eigenvalue weighted by atomic mass is 9.94. The SMILES string of the molecule is Cc1nnc(COC2CCCC(N)C2)o1. The predicted molar refractivity (Wildman–Crippen MR) is 54.1 cm³/mol. The van der Waals surface area contributed by atoms with Crippen molar-refractivity contribution in [3.63, 3.8) is 0 Å². The molecule has 1 fully saturated rings. The first kappa shape index (κ1) is 10.6. The maximum Gasteiger partial charge on any atom is 0.242 e. The number of ether oxygens (including phenoxy) is 1. The fraction of sp³-hybridized carbons (Fsp3) is 0.800. The molecule has 2 rings (SSSR count). The summed E-state index contributed by atoms with van der Waals surface area (Å²) < 4.78 is 10.9. The Morgan fingerprint density at radius 3 is 3.00 bits per heavy atom. The zero-order valence-corrected chi connectivity index (χ0v) is 8.98. The molecule has 1 saturated carbocycles. The average molecular weight is 211 g/mol. The van der Waals surface area contributed by atoms with Crippen molar-refractivity contribution in [1.82, 2.24) is 10.2 Å². The van der Waals surface area contributed by atoms with Gasteiger partial charge in [-0.25, -0.2) is 0 Å². The van der Waals surface area contributed by atoms with E-state index in [1.54, 1.807) is 6.92 Å². The van der Waals surface area contributed by atoms with Gasteiger partial charge in [0.05, 0.1) is 6.10 Å². The zero-order chi connectivity index (χ0) is 10.7. The molecule has 0 radical (unpaired) electrons. The normalized spacial score (nSPS) is 26.8. The van der Waals surface area contributed by atoms with E-state index >= 15 is 0 Å². The second-order valence-electron chi connectivity index (χ2n) is 4.07. The maximum atomic E-state index is 5.87. The molecule has 2 unspecified atom stereocenters. The van der Waals surface area contributed by atoms with Crippen molar-refractivity contribution < 1.29 is 9.15 Å². The van der Waals surface area contributed by atoms with Crippen molar-refractivity contribution in [3.05, 3.63) is 11.8 Å². The van der Waals surface area contributed by atoms with Crippen LogP contribution in [0.1, 0.15) is 37.5 Å². The van der Waals surface area contributed by atoms with E-state index in [1.165, 1.54) is 0 Å². The van der Waals surface area contributed by atoms with Crippen molar-refractivity contribution in [2.24, 2.45) is 5.73 Å². The fourth-order valence-corrected chi connectivity index (χ4v) is 1.92. The third kappa shape index (κ3) is 3.00. The number of hydrogen-bond donors (Lipinski definition) is 1. The van der Waals surface area contributed by atoms with E-state index in [9.17, 15) is 0 Å². The number of rotatable bonds is 3. The molecule has 0 aromatic carbocycles. The van der Waals surface area contributed by atoms with Crippen LogP contribution >= 0.6 is 0 Å². The highest BCUT2D eigenvalue weighted by Gasteiger charge is 2.20. The molecule has 2 N–H and O–H groups in total. The van der Waals surface area contributed by atoms with Crippen LogP contribution in [0.4, 0.5) is 0 Å². The van der Waals surface area contributed by atoms with Crippen LogP contribution in [-0.2, 0) is 11.3 Å². The Hall–Kier alpha value is -0.940. The molecule has 1 heterocycles. The largest absolute Gasteiger partial charge is 0.423 e. The first-order chi connectivity index (χ1) is 7.24. The molecular weight excluding hydrogens is 194 g/mol. The summed E-state index contributed by atoms with van der Waals surface area (Å²) in [6.45, 7) is 2.17. The first-order valence-electron chi connectivity index (χ1n) is 5.40. The van der Waals surface area contributed by atoms with Gasteiger partial charge < -0.3 is 14.9 Å². The van der Waals surface area contributed by atoms with Gasteiger partial charge in [0.15, 0.2) is 0 Å². The summed E-state index contributed by atoms with van der Waals surface area (Å²) in [5.74, 6) is 1.13. The molecule has 15 heavy (non-hydrogen) atoms. The quantitative estimate of drug-likeness (QED) is 0.812. The molecule has 1 aromatic rings. The Bertz CT molecular complexity index is 313. The third-order valence-electron chi connectivity index (χ3n) is 2.68. The van der Waals surface area contributed by atoms with Crippen LogP contribution in [0, 0.1) is 6.92 Å². The lowest BCUT2D eigenvalue weighted by Gasteiger charge is -2.26. The van der Waals surface area contributed by atoms with Crippen LogP contribution in [0.5, 0.6) is 0 Å². The minimum absolute atomic E-state index is 0.251. The van der Waals surface area contributed by atoms with E-state index in [0.717, 1.165) is 25.7 Å². The Kier molecular flexibility index (Phi) is 3.33. The zero-order valence-electron chi connectivity index (χ0n) is 8.98. The molecule has 0 bridgehead atoms. The van der Waals surface area contributed by atoms with Crippen LogP contribution in [0.3, 0.4) is 0 Å². The monoisotopic (exact) mass is 211 g/mol. The number of nitrogens with two attached hydrogens (primary N) is 1. The van der Waals surface area contributed by atoms with E-state index in [4.69, 9.17) is 14.9 Å². The van der Waals surface area contributed by atoms with E-state index in [0.29, 0.717) is 18.4 Å². The van der Waals surface area contributed by atoms with Crippen molar-refractivity contribution >= 4 is 0 Å². The summed E-state index contributed by atoms with van der Waals surface area (Å²) in [5, 5.41) is 7.62. The molecule has 1 aromatic heterocycles. The van der Waals surface area contributed by atoms with Crippen LogP contribution in [0.2, 0.25) is 0 Å². The van der Waals surface area contributed by atoms with Gasteiger partial charge in [-0.2, -0.15) is 0 Å². The summed E-state index contributed by atoms with van der Waals surface area (Å²) in [5.41, 5.74) is 5.87. The summed E-state index contributed by atoms with van der Waals surface area (Å²) in [6, 6.07) is 0.285. The van der Waals surface area contributed by atoms with Gasteiger partial charge in [-0.05, 0) is 25.7 Å². The Balaban J connectivity index is 1.77. The number of hydrogen-bond acceptors (Lipinski definition) is 5. The summed E-state index contributed by atoms with van der Waals surface area (Å²) in [7, 11) is 0. The predicted octanol–water partition coefficient (Wildman–Crippen LogP) is 1.16. The van der Waals surface area contributed by atoms with Gasteiger partial charge in [0, 0.05) is 13.0 Å². The smallest absolute Gasteiger partial charge is 0.242 e. The average Bonchev–Trinajstić information content (AvgIpc) is 2.62. The highest BCUT2D eigenvalue weighted by atomic mass is 16.5. The van der Waals surface area contributed by atoms with Gasteiger partial charge in [-0.15, -0.1) is 10.2 Å². The van der Waals surface area contributed by atoms with Crippen LogP contribution in [0.25, 0.3) is 0 Å². The highest BCUT2D eigenvalue weighted by molar-refractivity contribution is 4.79. The summed E-state index contributed by atoms with van der Waals surface area (Å²) in [6.07, 6.45) is 4.53. The maximum absolute atomic E-state index is 5.87. The lowest BCUT2D eigenvalue weighted by Crippen LogP contribution is -2.32. The molecule has 2 atom stereocenters. The number of aryl methyl sites for hydroxylation is 1. The molecule has 1 aliphatic rings. The van der Waals surface area contributed by atoms with E-state index < -0.39 is 0 Å². The minimum atomic E-state index is 0.251. The Labute approximate surface area is 89.0 Å². The standard InChI is InChI=1S/C10H17N3O2/c1-7-12-13-10(15-7)6-14-9-4-2-3-8(11)5-9/h8-9H,2-6,11H2,1H3. The second kappa shape index (κ2) is 4.72. The molecule has 0 saturated heterocycles. The van der Waals surface area contributed by atoms with Gasteiger partial charge in [-0.1, -0.05) is 0 Å². The number of aromatic nitrogens is 2. The summed E-state index contributed by atoms with van der Waals surface area (Å²) in [4.78, 5) is 0. The van der Waals surface area contributed by atoms with Gasteiger partial charge >= 0.3 is 0 Å². The van der Waals surface area contributed by atoms with Crippen LogP contribution in [0.15, 0.2) is 4.42 Å². The van der Waals surface area contributed by atoms with Crippen molar-refractivity contribution in [2.75, 3.05) is 0 Å². The molecule has 5 nitrogen and oxygen atoms in total. The first-order valence-corrected chi connectivity index (χ1v) is 5.40. The molecular formula is C10H17N3O2. The molecule has 0 amide bonds. The van der Waals surface area contributed by atoms with E-state index in [2.05, 4.69) is 10.2 Å². The second-order valence-corrected chi connectivity index (χ2v) is 4.07. The van der Waals surface area contributed by atoms with Crippen LogP contribution < -0.4 is 5.73 Å². The third-order valence-corrected chi connectivity index (χ3v) is 2.68. The Morgan fingerprint density at radius 2 is 2.33 bits per heavy atom. The molecule has 5 heteroatoms. The summed E-state index contributed by atoms with van der Waals surface area (Å²) >= 11 is 0. The Morgan fingerprint density at radius 1 is 1.47 bits per heavy atom. The van der Waals surface area contributed by atoms with E-state index in [1.807, 2.05) is 0 Å². The van der Waals surface area contributed by atoms with E-state index in [-0.39, 0.29) is 12.1 Å². The minimum Gasteiger partial charge on any atom is -0.423 e. The highest BCUT2D eigenvalue weighted by Crippen LogP contribution is 2.20. The van der Waals surface area contributed by atoms with Crippen molar-refractivity contribution in [2.45, 2.75) is 51.4 Å². The molecule has 1 aliphatic carbocycles. The van der Waals surface area contributed by atoms with Gasteiger partial charge in [0.2, 0.25) is 11.8 Å². The van der Waals surface area contributed by atoms with Crippen molar-refractivity contribution in [1.29, 1.82) is 0 Å². The lowest BCUT2D eigenvalue weighted by molar-refractivity contribution is 0.00215. The fourth-order valence-electron chi connectivity index (χ4n) is 1.92. The van der Waals surface area contributed by atoms with Gasteiger partial charge in [0.1, 0.15) is 6.61 Å². The topological polar surface area (TPSA) is 74.2 Å². The van der Waals surface area contributed by atoms with Gasteiger partial charge in [-0.3, -0.25) is 0 Å². The molecule has 0 aliphatic heterocycles. The van der Waals surface area contributed by atoms with Gasteiger partial charge in [0.25, 0.3) is 0 Å². The van der Waals surface area contributed by atoms with Crippen molar-refractivity contribution in [3.8, 4) is 0 Å². The number of nitrogens with zero attached hydrogens (tertiary/aromatic N) is 2. The molecule has 84 valence electrons. The molecule has 0 spiro atoms.